The Hall–Kier alpha value is -3.63. The Bertz CT molecular complexity index is 1290. The van der Waals surface area contributed by atoms with Gasteiger partial charge in [0.25, 0.3) is 0 Å². The number of nitrogens with zero attached hydrogens (tertiary/aromatic N) is 1. The van der Waals surface area contributed by atoms with Crippen molar-refractivity contribution in [2.75, 3.05) is 12.0 Å². The molecule has 5 heteroatoms. The summed E-state index contributed by atoms with van der Waals surface area (Å²) in [5, 5.41) is 0.450. The molecule has 3 aromatic rings. The molecule has 0 N–H and O–H groups in total. The number of halogens is 1. The van der Waals surface area contributed by atoms with Crippen molar-refractivity contribution in [1.29, 1.82) is 0 Å². The van der Waals surface area contributed by atoms with Crippen LogP contribution >= 0.6 is 11.6 Å². The minimum atomic E-state index is -0.427. The van der Waals surface area contributed by atoms with E-state index in [4.69, 9.17) is 16.3 Å². The Morgan fingerprint density at radius 3 is 1.82 bits per heavy atom. The summed E-state index contributed by atoms with van der Waals surface area (Å²) in [6.45, 7) is 0. The van der Waals surface area contributed by atoms with Gasteiger partial charge in [-0.05, 0) is 40.5 Å². The number of rotatable bonds is 4. The largest absolute Gasteiger partial charge is 0.495 e. The van der Waals surface area contributed by atoms with Gasteiger partial charge in [-0.1, -0.05) is 84.4 Å². The first-order valence-corrected chi connectivity index (χ1v) is 11.7. The molecule has 0 spiro atoms. The molecule has 6 rings (SSSR count). The standard InChI is InChI=1S/C29H22ClNO3/c1-34-23-15-12-19(30)16-22(23)31-28(32)26-20-13-14-21(27(26)29(31)33)25(20)24(17-8-4-2-5-9-17)18-10-6-3-7-11-18/h2-16,20-21,26-27H,1H3/t20-,21+,26-,27-/m0/s1. The third-order valence-corrected chi connectivity index (χ3v) is 7.45. The Balaban J connectivity index is 1.49. The maximum Gasteiger partial charge on any atom is 0.238 e. The maximum absolute atomic E-state index is 13.8. The lowest BCUT2D eigenvalue weighted by Crippen LogP contribution is -2.33. The van der Waals surface area contributed by atoms with Crippen LogP contribution in [0, 0.1) is 23.7 Å². The lowest BCUT2D eigenvalue weighted by atomic mass is 9.85. The fourth-order valence-electron chi connectivity index (χ4n) is 5.88. The number of anilines is 1. The van der Waals surface area contributed by atoms with Crippen LogP contribution in [0.15, 0.2) is 96.6 Å². The molecule has 1 saturated carbocycles. The number of methoxy groups -OCH3 is 1. The number of ether oxygens (including phenoxy) is 1. The van der Waals surface area contributed by atoms with Crippen LogP contribution in [0.4, 0.5) is 5.69 Å². The van der Waals surface area contributed by atoms with Gasteiger partial charge in [0.1, 0.15) is 5.75 Å². The summed E-state index contributed by atoms with van der Waals surface area (Å²) in [4.78, 5) is 28.8. The van der Waals surface area contributed by atoms with Crippen LogP contribution in [0.1, 0.15) is 11.1 Å². The number of benzene rings is 3. The van der Waals surface area contributed by atoms with Gasteiger partial charge in [0, 0.05) is 16.9 Å². The van der Waals surface area contributed by atoms with Crippen molar-refractivity contribution in [3.63, 3.8) is 0 Å². The second kappa shape index (κ2) is 8.00. The van der Waals surface area contributed by atoms with E-state index in [2.05, 4.69) is 36.4 Å². The highest BCUT2D eigenvalue weighted by Gasteiger charge is 2.62. The predicted octanol–water partition coefficient (Wildman–Crippen LogP) is 5.77. The summed E-state index contributed by atoms with van der Waals surface area (Å²) in [6, 6.07) is 25.5. The zero-order chi connectivity index (χ0) is 23.4. The first kappa shape index (κ1) is 20.9. The minimum Gasteiger partial charge on any atom is -0.495 e. The van der Waals surface area contributed by atoms with Crippen LogP contribution in [-0.2, 0) is 9.59 Å². The number of carbonyl (C=O) groups is 2. The van der Waals surface area contributed by atoms with Gasteiger partial charge in [-0.2, -0.15) is 0 Å². The second-order valence-electron chi connectivity index (χ2n) is 8.88. The fraction of sp³-hybridized carbons (Fsp3) is 0.172. The van der Waals surface area contributed by atoms with Gasteiger partial charge < -0.3 is 4.74 Å². The van der Waals surface area contributed by atoms with Crippen LogP contribution in [0.3, 0.4) is 0 Å². The van der Waals surface area contributed by atoms with Crippen molar-refractivity contribution in [1.82, 2.24) is 0 Å². The van der Waals surface area contributed by atoms with E-state index in [1.807, 2.05) is 36.4 Å². The van der Waals surface area contributed by atoms with Crippen LogP contribution in [0.5, 0.6) is 5.75 Å². The van der Waals surface area contributed by atoms with Gasteiger partial charge in [-0.25, -0.2) is 4.90 Å². The number of allylic oxidation sites excluding steroid dienone is 3. The Morgan fingerprint density at radius 2 is 1.32 bits per heavy atom. The highest BCUT2D eigenvalue weighted by Crippen LogP contribution is 2.59. The van der Waals surface area contributed by atoms with Crippen molar-refractivity contribution < 1.29 is 14.3 Å². The zero-order valence-electron chi connectivity index (χ0n) is 18.5. The lowest BCUT2D eigenvalue weighted by molar-refractivity contribution is -0.123. The van der Waals surface area contributed by atoms with Crippen LogP contribution in [0.2, 0.25) is 5.02 Å². The molecule has 3 aromatic carbocycles. The second-order valence-corrected chi connectivity index (χ2v) is 9.31. The average molecular weight is 468 g/mol. The van der Waals surface area contributed by atoms with Gasteiger partial charge >= 0.3 is 0 Å². The molecule has 1 saturated heterocycles. The van der Waals surface area contributed by atoms with Crippen molar-refractivity contribution in [3.05, 3.63) is 113 Å². The average Bonchev–Trinajstić information content (AvgIpc) is 3.50. The van der Waals surface area contributed by atoms with E-state index in [-0.39, 0.29) is 23.7 Å². The summed E-state index contributed by atoms with van der Waals surface area (Å²) in [7, 11) is 1.52. The summed E-state index contributed by atoms with van der Waals surface area (Å²) >= 11 is 6.21. The molecule has 34 heavy (non-hydrogen) atoms. The first-order valence-electron chi connectivity index (χ1n) is 11.3. The van der Waals surface area contributed by atoms with Crippen molar-refractivity contribution >= 4 is 34.7 Å². The highest BCUT2D eigenvalue weighted by molar-refractivity contribution is 6.31. The number of carbonyl (C=O) groups excluding carboxylic acids is 2. The molecule has 168 valence electrons. The van der Waals surface area contributed by atoms with Gasteiger partial charge in [0.2, 0.25) is 11.8 Å². The number of fused-ring (bicyclic) bond motifs is 5. The fourth-order valence-corrected chi connectivity index (χ4v) is 6.05. The van der Waals surface area contributed by atoms with Crippen molar-refractivity contribution in [3.8, 4) is 5.75 Å². The van der Waals surface area contributed by atoms with Gasteiger partial charge in [-0.15, -0.1) is 0 Å². The third-order valence-electron chi connectivity index (χ3n) is 7.21. The zero-order valence-corrected chi connectivity index (χ0v) is 19.3. The van der Waals surface area contributed by atoms with E-state index < -0.39 is 11.8 Å². The number of hydrogen-bond donors (Lipinski definition) is 0. The van der Waals surface area contributed by atoms with E-state index in [0.717, 1.165) is 22.3 Å². The molecule has 2 bridgehead atoms. The molecule has 2 fully saturated rings. The van der Waals surface area contributed by atoms with E-state index >= 15 is 0 Å². The Kier molecular flexibility index (Phi) is 4.93. The quantitative estimate of drug-likeness (QED) is 0.361. The van der Waals surface area contributed by atoms with E-state index in [1.54, 1.807) is 18.2 Å². The van der Waals surface area contributed by atoms with Crippen LogP contribution < -0.4 is 9.64 Å². The minimum absolute atomic E-state index is 0.128. The molecular formula is C29H22ClNO3. The summed E-state index contributed by atoms with van der Waals surface area (Å²) in [5.41, 5.74) is 4.87. The summed E-state index contributed by atoms with van der Waals surface area (Å²) < 4.78 is 5.45. The SMILES string of the molecule is COc1ccc(Cl)cc1N1C(=O)[C@@H]2[C@@H](C1=O)[C@H]1C=C[C@@H]2C1=C(c1ccccc1)c1ccccc1. The first-order chi connectivity index (χ1) is 16.6. The van der Waals surface area contributed by atoms with Crippen LogP contribution in [0.25, 0.3) is 5.57 Å². The van der Waals surface area contributed by atoms with E-state index in [0.29, 0.717) is 16.5 Å². The molecule has 0 unspecified atom stereocenters. The summed E-state index contributed by atoms with van der Waals surface area (Å²) in [5.74, 6) is -1.03. The summed E-state index contributed by atoms with van der Waals surface area (Å²) in [6.07, 6.45) is 4.22. The van der Waals surface area contributed by atoms with Crippen molar-refractivity contribution in [2.24, 2.45) is 23.7 Å². The monoisotopic (exact) mass is 467 g/mol. The normalized spacial score (nSPS) is 24.6. The topological polar surface area (TPSA) is 46.6 Å². The van der Waals surface area contributed by atoms with Crippen LogP contribution in [-0.4, -0.2) is 18.9 Å². The van der Waals surface area contributed by atoms with Gasteiger partial charge in [0.05, 0.1) is 24.6 Å². The highest BCUT2D eigenvalue weighted by atomic mass is 35.5. The predicted molar refractivity (Wildman–Crippen MR) is 133 cm³/mol. The molecule has 3 aliphatic rings. The molecule has 2 aliphatic carbocycles. The van der Waals surface area contributed by atoms with Gasteiger partial charge in [0.15, 0.2) is 0 Å². The van der Waals surface area contributed by atoms with Crippen molar-refractivity contribution in [2.45, 2.75) is 0 Å². The molecule has 0 radical (unpaired) electrons. The third kappa shape index (κ3) is 2.99. The smallest absolute Gasteiger partial charge is 0.238 e. The van der Waals surface area contributed by atoms with Gasteiger partial charge in [-0.3, -0.25) is 9.59 Å². The number of hydrogen-bond acceptors (Lipinski definition) is 3. The molecular weight excluding hydrogens is 446 g/mol. The van der Waals surface area contributed by atoms with E-state index in [1.165, 1.54) is 12.0 Å². The Morgan fingerprint density at radius 1 is 0.794 bits per heavy atom. The molecule has 4 atom stereocenters. The number of imide groups is 1. The maximum atomic E-state index is 13.8. The van der Waals surface area contributed by atoms with E-state index in [9.17, 15) is 9.59 Å². The molecule has 4 nitrogen and oxygen atoms in total. The molecule has 1 heterocycles. The molecule has 1 aliphatic heterocycles. The molecule has 2 amide bonds. The lowest BCUT2D eigenvalue weighted by Gasteiger charge is -2.22. The molecule has 0 aromatic heterocycles. The Labute approximate surface area is 203 Å². The number of amides is 2.